The average Bonchev–Trinajstić information content (AvgIpc) is 3.15. The van der Waals surface area contributed by atoms with E-state index in [-0.39, 0.29) is 5.56 Å². The summed E-state index contributed by atoms with van der Waals surface area (Å²) < 4.78 is 3.87. The number of nitrogens with zero attached hydrogens (tertiary/aromatic N) is 4. The average molecular weight is 427 g/mol. The fourth-order valence-corrected chi connectivity index (χ4v) is 4.72. The van der Waals surface area contributed by atoms with Crippen molar-refractivity contribution in [3.05, 3.63) is 106 Å². The van der Waals surface area contributed by atoms with Gasteiger partial charge in [0.15, 0.2) is 5.16 Å². The second-order valence-corrected chi connectivity index (χ2v) is 8.47. The predicted molar refractivity (Wildman–Crippen MR) is 126 cm³/mol. The van der Waals surface area contributed by atoms with Gasteiger partial charge < -0.3 is 4.57 Å². The molecule has 0 radical (unpaired) electrons. The van der Waals surface area contributed by atoms with Crippen molar-refractivity contribution in [3.8, 4) is 0 Å². The maximum Gasteiger partial charge on any atom is 0.258 e. The van der Waals surface area contributed by atoms with Crippen molar-refractivity contribution in [1.29, 1.82) is 0 Å². The Morgan fingerprint density at radius 2 is 1.74 bits per heavy atom. The second-order valence-electron chi connectivity index (χ2n) is 7.53. The molecule has 3 heterocycles. The number of aromatic nitrogens is 4. The van der Waals surface area contributed by atoms with Gasteiger partial charge in [0.25, 0.3) is 5.56 Å². The van der Waals surface area contributed by atoms with Crippen LogP contribution in [-0.4, -0.2) is 18.9 Å². The van der Waals surface area contributed by atoms with Crippen molar-refractivity contribution in [2.24, 2.45) is 0 Å². The summed E-state index contributed by atoms with van der Waals surface area (Å²) in [6.07, 6.45) is 2.70. The van der Waals surface area contributed by atoms with Crippen LogP contribution in [0.25, 0.3) is 16.7 Å². The number of rotatable bonds is 6. The van der Waals surface area contributed by atoms with E-state index in [2.05, 4.69) is 34.9 Å². The third-order valence-corrected chi connectivity index (χ3v) is 6.38. The van der Waals surface area contributed by atoms with Crippen LogP contribution in [-0.2, 0) is 18.7 Å². The number of thioether (sulfide) groups is 1. The number of para-hydroxylation sites is 2. The van der Waals surface area contributed by atoms with E-state index in [0.717, 1.165) is 40.4 Å². The van der Waals surface area contributed by atoms with Gasteiger partial charge in [-0.05, 0) is 42.7 Å². The number of pyridine rings is 1. The standard InChI is InChI=1S/C25H22N4OS/c1-18-8-7-14-29-23(30)16-20(26-24(18)29)17-31-25-27-21-11-5-6-12-22(21)28(25)15-13-19-9-3-2-4-10-19/h2-12,14,16H,13,15,17H2,1H3. The Kier molecular flexibility index (Phi) is 5.30. The maximum absolute atomic E-state index is 12.5. The Balaban J connectivity index is 1.44. The number of aryl methyl sites for hydroxylation is 3. The molecule has 0 aliphatic heterocycles. The van der Waals surface area contributed by atoms with Crippen LogP contribution in [0.4, 0.5) is 0 Å². The van der Waals surface area contributed by atoms with Crippen molar-refractivity contribution in [1.82, 2.24) is 18.9 Å². The van der Waals surface area contributed by atoms with Crippen molar-refractivity contribution >= 4 is 28.4 Å². The van der Waals surface area contributed by atoms with Gasteiger partial charge >= 0.3 is 0 Å². The van der Waals surface area contributed by atoms with Crippen LogP contribution in [0, 0.1) is 6.92 Å². The van der Waals surface area contributed by atoms with E-state index in [0.29, 0.717) is 11.4 Å². The fraction of sp³-hybridized carbons (Fsp3) is 0.160. The second kappa shape index (κ2) is 8.40. The third-order valence-electron chi connectivity index (χ3n) is 5.37. The molecule has 0 bridgehead atoms. The molecule has 5 rings (SSSR count). The number of fused-ring (bicyclic) bond motifs is 2. The lowest BCUT2D eigenvalue weighted by Crippen LogP contribution is -2.15. The number of benzene rings is 2. The Labute approximate surface area is 184 Å². The van der Waals surface area contributed by atoms with E-state index in [1.54, 1.807) is 28.4 Å². The first kappa shape index (κ1) is 19.6. The van der Waals surface area contributed by atoms with E-state index in [1.807, 2.05) is 43.3 Å². The molecule has 5 aromatic rings. The van der Waals surface area contributed by atoms with Crippen LogP contribution in [0.2, 0.25) is 0 Å². The largest absolute Gasteiger partial charge is 0.319 e. The summed E-state index contributed by atoms with van der Waals surface area (Å²) in [6.45, 7) is 2.82. The smallest absolute Gasteiger partial charge is 0.258 e. The van der Waals surface area contributed by atoms with Gasteiger partial charge in [0.1, 0.15) is 5.65 Å². The minimum Gasteiger partial charge on any atom is -0.319 e. The summed E-state index contributed by atoms with van der Waals surface area (Å²) in [5, 5.41) is 0.948. The molecule has 2 aromatic carbocycles. The summed E-state index contributed by atoms with van der Waals surface area (Å²) in [4.78, 5) is 22.1. The Morgan fingerprint density at radius 3 is 2.61 bits per heavy atom. The van der Waals surface area contributed by atoms with E-state index in [4.69, 9.17) is 9.97 Å². The molecule has 0 aliphatic rings. The van der Waals surface area contributed by atoms with Crippen LogP contribution in [0.5, 0.6) is 0 Å². The van der Waals surface area contributed by atoms with Crippen LogP contribution in [0.1, 0.15) is 16.8 Å². The summed E-state index contributed by atoms with van der Waals surface area (Å²) in [5.74, 6) is 0.592. The first-order valence-corrected chi connectivity index (χ1v) is 11.3. The predicted octanol–water partition coefficient (Wildman–Crippen LogP) is 4.89. The zero-order valence-electron chi connectivity index (χ0n) is 17.2. The molecule has 0 aliphatic carbocycles. The topological polar surface area (TPSA) is 52.2 Å². The van der Waals surface area contributed by atoms with Gasteiger partial charge in [0.2, 0.25) is 0 Å². The van der Waals surface area contributed by atoms with Gasteiger partial charge in [0.05, 0.1) is 16.7 Å². The molecule has 31 heavy (non-hydrogen) atoms. The summed E-state index contributed by atoms with van der Waals surface area (Å²) in [6, 6.07) is 24.2. The van der Waals surface area contributed by atoms with E-state index in [1.165, 1.54) is 5.56 Å². The van der Waals surface area contributed by atoms with Crippen molar-refractivity contribution < 1.29 is 0 Å². The van der Waals surface area contributed by atoms with Crippen molar-refractivity contribution in [2.75, 3.05) is 0 Å². The molecular formula is C25H22N4OS. The molecule has 0 unspecified atom stereocenters. The number of hydrogen-bond donors (Lipinski definition) is 0. The zero-order valence-corrected chi connectivity index (χ0v) is 18.0. The Hall–Kier alpha value is -3.38. The third kappa shape index (κ3) is 3.99. The summed E-state index contributed by atoms with van der Waals surface area (Å²) in [7, 11) is 0. The first-order chi connectivity index (χ1) is 15.2. The molecule has 3 aromatic heterocycles. The molecule has 5 nitrogen and oxygen atoms in total. The number of hydrogen-bond acceptors (Lipinski definition) is 4. The van der Waals surface area contributed by atoms with Gasteiger partial charge in [-0.1, -0.05) is 60.3 Å². The number of imidazole rings is 1. The normalized spacial score (nSPS) is 11.4. The molecule has 0 fully saturated rings. The highest BCUT2D eigenvalue weighted by Crippen LogP contribution is 2.27. The van der Waals surface area contributed by atoms with Crippen molar-refractivity contribution in [2.45, 2.75) is 30.8 Å². The highest BCUT2D eigenvalue weighted by Gasteiger charge is 2.13. The van der Waals surface area contributed by atoms with Crippen LogP contribution >= 0.6 is 11.8 Å². The molecule has 0 saturated heterocycles. The lowest BCUT2D eigenvalue weighted by atomic mass is 10.1. The lowest BCUT2D eigenvalue weighted by Gasteiger charge is -2.10. The van der Waals surface area contributed by atoms with Gasteiger partial charge in [-0.25, -0.2) is 9.97 Å². The van der Waals surface area contributed by atoms with E-state index in [9.17, 15) is 4.79 Å². The van der Waals surface area contributed by atoms with Gasteiger partial charge in [-0.3, -0.25) is 9.20 Å². The van der Waals surface area contributed by atoms with Gasteiger partial charge in [-0.2, -0.15) is 0 Å². The van der Waals surface area contributed by atoms with Crippen LogP contribution < -0.4 is 5.56 Å². The van der Waals surface area contributed by atoms with Crippen molar-refractivity contribution in [3.63, 3.8) is 0 Å². The quantitative estimate of drug-likeness (QED) is 0.363. The highest BCUT2D eigenvalue weighted by molar-refractivity contribution is 7.98. The van der Waals surface area contributed by atoms with Crippen LogP contribution in [0.15, 0.2) is 88.9 Å². The molecule has 6 heteroatoms. The minimum absolute atomic E-state index is 0.0538. The molecular weight excluding hydrogens is 404 g/mol. The monoisotopic (exact) mass is 426 g/mol. The first-order valence-electron chi connectivity index (χ1n) is 10.3. The summed E-state index contributed by atoms with van der Waals surface area (Å²) in [5.41, 5.74) is 5.83. The SMILES string of the molecule is Cc1cccn2c(=O)cc(CSc3nc4ccccc4n3CCc3ccccc3)nc12. The fourth-order valence-electron chi connectivity index (χ4n) is 3.79. The lowest BCUT2D eigenvalue weighted by molar-refractivity contribution is 0.652. The molecule has 154 valence electrons. The molecule has 0 saturated carbocycles. The molecule has 0 N–H and O–H groups in total. The zero-order chi connectivity index (χ0) is 21.2. The van der Waals surface area contributed by atoms with Gasteiger partial charge in [0, 0.05) is 24.6 Å². The molecule has 0 amide bonds. The maximum atomic E-state index is 12.5. The minimum atomic E-state index is -0.0538. The molecule has 0 spiro atoms. The Morgan fingerprint density at radius 1 is 0.935 bits per heavy atom. The van der Waals surface area contributed by atoms with E-state index >= 15 is 0 Å². The Bertz CT molecular complexity index is 1420. The molecule has 0 atom stereocenters. The summed E-state index contributed by atoms with van der Waals surface area (Å²) >= 11 is 1.63. The highest BCUT2D eigenvalue weighted by atomic mass is 32.2. The van der Waals surface area contributed by atoms with Gasteiger partial charge in [-0.15, -0.1) is 0 Å². The van der Waals surface area contributed by atoms with Crippen LogP contribution in [0.3, 0.4) is 0 Å². The van der Waals surface area contributed by atoms with E-state index < -0.39 is 0 Å².